The molecule has 86 valence electrons. The van der Waals surface area contributed by atoms with Gasteiger partial charge in [0.15, 0.2) is 0 Å². The molecule has 5 nitrogen and oxygen atoms in total. The molecule has 0 aromatic heterocycles. The minimum Gasteiger partial charge on any atom is -0.499 e. The van der Waals surface area contributed by atoms with Crippen molar-refractivity contribution in [3.05, 3.63) is 35.9 Å². The van der Waals surface area contributed by atoms with E-state index >= 15 is 0 Å². The maximum absolute atomic E-state index is 10.9. The van der Waals surface area contributed by atoms with Gasteiger partial charge < -0.3 is 20.0 Å². The highest BCUT2D eigenvalue weighted by atomic mass is 16.5. The van der Waals surface area contributed by atoms with Gasteiger partial charge in [0.05, 0.1) is 12.3 Å². The summed E-state index contributed by atoms with van der Waals surface area (Å²) in [6, 6.07) is 0. The highest BCUT2D eigenvalue weighted by Gasteiger charge is 2.25. The van der Waals surface area contributed by atoms with Crippen LogP contribution in [0.15, 0.2) is 35.9 Å². The van der Waals surface area contributed by atoms with Crippen LogP contribution in [0.3, 0.4) is 0 Å². The van der Waals surface area contributed by atoms with Gasteiger partial charge in [-0.25, -0.2) is 0 Å². The molecule has 16 heavy (non-hydrogen) atoms. The lowest BCUT2D eigenvalue weighted by atomic mass is 9.96. The molecule has 1 rings (SSSR count). The standard InChI is InChI=1S/C11H13NO4/c1-2-16-7-10-8(4-3-5-12-10)9(6-13)11(14)15/h3-7,9,12H,2H2,1H3,(H,14,15). The molecule has 0 saturated carbocycles. The van der Waals surface area contributed by atoms with Crippen molar-refractivity contribution in [2.24, 2.45) is 5.92 Å². The fourth-order valence-electron chi connectivity index (χ4n) is 1.27. The van der Waals surface area contributed by atoms with Crippen LogP contribution in [0.4, 0.5) is 0 Å². The van der Waals surface area contributed by atoms with E-state index in [-0.39, 0.29) is 0 Å². The van der Waals surface area contributed by atoms with Gasteiger partial charge in [0.2, 0.25) is 0 Å². The number of allylic oxidation sites excluding steroid dienone is 3. The molecular formula is C11H13NO4. The number of aldehydes is 1. The van der Waals surface area contributed by atoms with Gasteiger partial charge in [-0.05, 0) is 13.0 Å². The lowest BCUT2D eigenvalue weighted by Crippen LogP contribution is -2.24. The van der Waals surface area contributed by atoms with Crippen molar-refractivity contribution in [3.63, 3.8) is 0 Å². The molecule has 0 aromatic carbocycles. The second kappa shape index (κ2) is 5.75. The first kappa shape index (κ1) is 12.0. The first-order valence-corrected chi connectivity index (χ1v) is 4.84. The fourth-order valence-corrected chi connectivity index (χ4v) is 1.27. The second-order valence-corrected chi connectivity index (χ2v) is 3.06. The number of carbonyl (C=O) groups is 2. The highest BCUT2D eigenvalue weighted by molar-refractivity contribution is 5.91. The summed E-state index contributed by atoms with van der Waals surface area (Å²) >= 11 is 0. The predicted octanol–water partition coefficient (Wildman–Crippen LogP) is 0.807. The third-order valence-electron chi connectivity index (χ3n) is 2.03. The van der Waals surface area contributed by atoms with Crippen LogP contribution in [0.5, 0.6) is 0 Å². The van der Waals surface area contributed by atoms with Crippen molar-refractivity contribution in [2.45, 2.75) is 6.92 Å². The monoisotopic (exact) mass is 223 g/mol. The van der Waals surface area contributed by atoms with E-state index in [1.807, 2.05) is 6.92 Å². The Hall–Kier alpha value is -2.04. The van der Waals surface area contributed by atoms with Crippen LogP contribution < -0.4 is 5.32 Å². The van der Waals surface area contributed by atoms with Crippen LogP contribution in [-0.4, -0.2) is 24.0 Å². The van der Waals surface area contributed by atoms with Crippen LogP contribution in [0.25, 0.3) is 0 Å². The summed E-state index contributed by atoms with van der Waals surface area (Å²) in [4.78, 5) is 21.6. The molecule has 1 heterocycles. The molecule has 0 aliphatic carbocycles. The van der Waals surface area contributed by atoms with Gasteiger partial charge in [0.25, 0.3) is 0 Å². The zero-order valence-corrected chi connectivity index (χ0v) is 8.84. The number of carboxylic acids is 1. The normalized spacial score (nSPS) is 18.6. The molecule has 1 atom stereocenters. The number of hydrogen-bond donors (Lipinski definition) is 2. The van der Waals surface area contributed by atoms with Gasteiger partial charge in [-0.2, -0.15) is 0 Å². The van der Waals surface area contributed by atoms with Crippen LogP contribution in [0.1, 0.15) is 6.92 Å². The Morgan fingerprint density at radius 2 is 2.44 bits per heavy atom. The van der Waals surface area contributed by atoms with Crippen LogP contribution in [-0.2, 0) is 14.3 Å². The SMILES string of the molecule is CCOC=C1NC=CC=C1C(C=O)C(=O)O. The third kappa shape index (κ3) is 2.73. The molecule has 0 saturated heterocycles. The number of rotatable bonds is 5. The van der Waals surface area contributed by atoms with Crippen molar-refractivity contribution in [2.75, 3.05) is 6.61 Å². The third-order valence-corrected chi connectivity index (χ3v) is 2.03. The summed E-state index contributed by atoms with van der Waals surface area (Å²) in [5, 5.41) is 11.7. The Labute approximate surface area is 93.1 Å². The maximum Gasteiger partial charge on any atom is 0.318 e. The lowest BCUT2D eigenvalue weighted by molar-refractivity contribution is -0.141. The molecule has 0 bridgehead atoms. The highest BCUT2D eigenvalue weighted by Crippen LogP contribution is 2.20. The van der Waals surface area contributed by atoms with E-state index < -0.39 is 11.9 Å². The molecule has 0 fully saturated rings. The van der Waals surface area contributed by atoms with E-state index in [1.165, 1.54) is 6.26 Å². The Bertz CT molecular complexity index is 368. The van der Waals surface area contributed by atoms with Gasteiger partial charge >= 0.3 is 5.97 Å². The molecular weight excluding hydrogens is 210 g/mol. The van der Waals surface area contributed by atoms with Crippen LogP contribution in [0.2, 0.25) is 0 Å². The van der Waals surface area contributed by atoms with Crippen LogP contribution >= 0.6 is 0 Å². The average molecular weight is 223 g/mol. The van der Waals surface area contributed by atoms with Gasteiger partial charge in [0.1, 0.15) is 18.5 Å². The topological polar surface area (TPSA) is 75.6 Å². The molecule has 0 aromatic rings. The van der Waals surface area contributed by atoms with E-state index in [0.717, 1.165) is 0 Å². The summed E-state index contributed by atoms with van der Waals surface area (Å²) in [6.07, 6.45) is 6.66. The van der Waals surface area contributed by atoms with E-state index in [2.05, 4.69) is 5.32 Å². The van der Waals surface area contributed by atoms with E-state index in [1.54, 1.807) is 18.4 Å². The summed E-state index contributed by atoms with van der Waals surface area (Å²) in [5.41, 5.74) is 0.877. The van der Waals surface area contributed by atoms with Crippen molar-refractivity contribution in [1.82, 2.24) is 5.32 Å². The van der Waals surface area contributed by atoms with Crippen molar-refractivity contribution in [1.29, 1.82) is 0 Å². The van der Waals surface area contributed by atoms with E-state index in [4.69, 9.17) is 9.84 Å². The summed E-state index contributed by atoms with van der Waals surface area (Å²) in [5.74, 6) is -2.36. The molecule has 0 spiro atoms. The van der Waals surface area contributed by atoms with Crippen molar-refractivity contribution in [3.8, 4) is 0 Å². The molecule has 5 heteroatoms. The smallest absolute Gasteiger partial charge is 0.318 e. The fraction of sp³-hybridized carbons (Fsp3) is 0.273. The van der Waals surface area contributed by atoms with Gasteiger partial charge in [0, 0.05) is 11.8 Å². The van der Waals surface area contributed by atoms with Crippen molar-refractivity contribution >= 4 is 12.3 Å². The Balaban J connectivity index is 2.96. The second-order valence-electron chi connectivity index (χ2n) is 3.06. The molecule has 1 unspecified atom stereocenters. The minimum atomic E-state index is -1.18. The number of aliphatic carboxylic acids is 1. The first-order valence-electron chi connectivity index (χ1n) is 4.84. The van der Waals surface area contributed by atoms with Crippen molar-refractivity contribution < 1.29 is 19.4 Å². The van der Waals surface area contributed by atoms with Crippen LogP contribution in [0, 0.1) is 5.92 Å². The zero-order valence-electron chi connectivity index (χ0n) is 8.84. The maximum atomic E-state index is 10.9. The number of nitrogens with one attached hydrogen (secondary N) is 1. The molecule has 2 N–H and O–H groups in total. The number of carboxylic acid groups (broad SMARTS) is 1. The van der Waals surface area contributed by atoms with E-state index in [0.29, 0.717) is 24.2 Å². The Kier molecular flexibility index (Phi) is 4.32. The number of dihydropyridines is 1. The predicted molar refractivity (Wildman–Crippen MR) is 57.3 cm³/mol. The summed E-state index contributed by atoms with van der Waals surface area (Å²) < 4.78 is 5.07. The zero-order chi connectivity index (χ0) is 12.0. The van der Waals surface area contributed by atoms with Gasteiger partial charge in [-0.15, -0.1) is 0 Å². The average Bonchev–Trinajstić information content (AvgIpc) is 2.28. The molecule has 0 amide bonds. The lowest BCUT2D eigenvalue weighted by Gasteiger charge is -2.17. The quantitative estimate of drug-likeness (QED) is 0.410. The Morgan fingerprint density at radius 3 is 3.00 bits per heavy atom. The van der Waals surface area contributed by atoms with E-state index in [9.17, 15) is 9.59 Å². The number of hydrogen-bond acceptors (Lipinski definition) is 4. The minimum absolute atomic E-state index is 0.387. The Morgan fingerprint density at radius 1 is 1.69 bits per heavy atom. The van der Waals surface area contributed by atoms with Gasteiger partial charge in [-0.1, -0.05) is 6.08 Å². The summed E-state index contributed by atoms with van der Waals surface area (Å²) in [7, 11) is 0. The summed E-state index contributed by atoms with van der Waals surface area (Å²) in [6.45, 7) is 2.29. The van der Waals surface area contributed by atoms with Gasteiger partial charge in [-0.3, -0.25) is 4.79 Å². The molecule has 0 radical (unpaired) electrons. The molecule has 1 aliphatic heterocycles. The first-order chi connectivity index (χ1) is 7.70. The largest absolute Gasteiger partial charge is 0.499 e. The number of carbonyl (C=O) groups excluding carboxylic acids is 1. The molecule has 1 aliphatic rings. The number of ether oxygens (including phenoxy) is 1.